The highest BCUT2D eigenvalue weighted by Crippen LogP contribution is 2.13. The molecule has 0 radical (unpaired) electrons. The zero-order valence-electron chi connectivity index (χ0n) is 10.8. The fourth-order valence-electron chi connectivity index (χ4n) is 2.00. The molecule has 0 aliphatic carbocycles. The van der Waals surface area contributed by atoms with Gasteiger partial charge in [-0.15, -0.1) is 0 Å². The number of nitriles is 1. The Hall–Kier alpha value is -2.36. The van der Waals surface area contributed by atoms with Crippen LogP contribution < -0.4 is 10.6 Å². The molecule has 0 spiro atoms. The molecule has 1 aliphatic rings. The molecule has 2 rings (SSSR count). The molecule has 1 atom stereocenters. The fourth-order valence-corrected chi connectivity index (χ4v) is 2.00. The zero-order valence-corrected chi connectivity index (χ0v) is 10.8. The molecule has 0 aromatic carbocycles. The molecule has 1 aliphatic heterocycles. The van der Waals surface area contributed by atoms with Gasteiger partial charge < -0.3 is 15.5 Å². The second-order valence-corrected chi connectivity index (χ2v) is 4.31. The van der Waals surface area contributed by atoms with Crippen molar-refractivity contribution in [3.8, 4) is 6.07 Å². The fraction of sp³-hybridized carbons (Fsp3) is 0.500. The van der Waals surface area contributed by atoms with E-state index in [4.69, 9.17) is 5.26 Å². The first-order valence-corrected chi connectivity index (χ1v) is 6.24. The van der Waals surface area contributed by atoms with Crippen LogP contribution in [0.1, 0.15) is 19.0 Å². The molecule has 2 amide bonds. The van der Waals surface area contributed by atoms with E-state index in [1.54, 1.807) is 4.90 Å². The number of likely N-dealkylation sites (tertiary alicyclic amines) is 1. The quantitative estimate of drug-likeness (QED) is 0.828. The van der Waals surface area contributed by atoms with E-state index in [0.29, 0.717) is 24.6 Å². The van der Waals surface area contributed by atoms with E-state index >= 15 is 0 Å². The summed E-state index contributed by atoms with van der Waals surface area (Å²) in [6, 6.07) is 2.06. The standard InChI is InChI=1S/C12H16N6O/c1-2-14-12(19)18-4-3-9(8-18)17-11-7-15-10(5-13)6-16-11/h6-7,9H,2-4,8H2,1H3,(H,14,19)(H,16,17). The lowest BCUT2D eigenvalue weighted by Crippen LogP contribution is -2.39. The summed E-state index contributed by atoms with van der Waals surface area (Å²) in [5, 5.41) is 14.6. The molecular weight excluding hydrogens is 244 g/mol. The lowest BCUT2D eigenvalue weighted by atomic mass is 10.2. The number of aromatic nitrogens is 2. The van der Waals surface area contributed by atoms with Gasteiger partial charge in [-0.25, -0.2) is 14.8 Å². The minimum absolute atomic E-state index is 0.0299. The Morgan fingerprint density at radius 2 is 2.42 bits per heavy atom. The SMILES string of the molecule is CCNC(=O)N1CCC(Nc2cnc(C#N)cn2)C1. The van der Waals surface area contributed by atoms with Crippen LogP contribution in [-0.2, 0) is 0 Å². The lowest BCUT2D eigenvalue weighted by Gasteiger charge is -2.17. The zero-order chi connectivity index (χ0) is 13.7. The summed E-state index contributed by atoms with van der Waals surface area (Å²) in [4.78, 5) is 21.5. The van der Waals surface area contributed by atoms with Gasteiger partial charge in [0.2, 0.25) is 0 Å². The van der Waals surface area contributed by atoms with Gasteiger partial charge in [0, 0.05) is 25.7 Å². The molecule has 2 heterocycles. The average Bonchev–Trinajstić information content (AvgIpc) is 2.88. The van der Waals surface area contributed by atoms with Gasteiger partial charge in [-0.1, -0.05) is 0 Å². The molecule has 1 saturated heterocycles. The molecule has 7 nitrogen and oxygen atoms in total. The van der Waals surface area contributed by atoms with Crippen molar-refractivity contribution in [1.82, 2.24) is 20.2 Å². The van der Waals surface area contributed by atoms with Crippen molar-refractivity contribution in [2.45, 2.75) is 19.4 Å². The van der Waals surface area contributed by atoms with E-state index in [-0.39, 0.29) is 12.1 Å². The Bertz CT molecular complexity index is 480. The van der Waals surface area contributed by atoms with Crippen molar-refractivity contribution in [3.05, 3.63) is 18.1 Å². The predicted molar refractivity (Wildman–Crippen MR) is 69.4 cm³/mol. The number of urea groups is 1. The number of nitrogens with zero attached hydrogens (tertiary/aromatic N) is 4. The number of carbonyl (C=O) groups is 1. The third kappa shape index (κ3) is 3.31. The number of hydrogen-bond donors (Lipinski definition) is 2. The summed E-state index contributed by atoms with van der Waals surface area (Å²) in [5.74, 6) is 0.627. The second-order valence-electron chi connectivity index (χ2n) is 4.31. The molecule has 1 aromatic rings. The van der Waals surface area contributed by atoms with Crippen LogP contribution in [0.3, 0.4) is 0 Å². The van der Waals surface area contributed by atoms with Crippen molar-refractivity contribution in [2.24, 2.45) is 0 Å². The molecule has 0 saturated carbocycles. The molecule has 2 N–H and O–H groups in total. The smallest absolute Gasteiger partial charge is 0.317 e. The van der Waals surface area contributed by atoms with Crippen molar-refractivity contribution in [1.29, 1.82) is 5.26 Å². The topological polar surface area (TPSA) is 93.9 Å². The first-order valence-electron chi connectivity index (χ1n) is 6.24. The van der Waals surface area contributed by atoms with Gasteiger partial charge in [-0.2, -0.15) is 5.26 Å². The van der Waals surface area contributed by atoms with Crippen LogP contribution in [0, 0.1) is 11.3 Å². The second kappa shape index (κ2) is 6.00. The van der Waals surface area contributed by atoms with Gasteiger partial charge in [-0.3, -0.25) is 0 Å². The van der Waals surface area contributed by atoms with E-state index < -0.39 is 0 Å². The molecule has 100 valence electrons. The summed E-state index contributed by atoms with van der Waals surface area (Å²) < 4.78 is 0. The first-order chi connectivity index (χ1) is 9.22. The van der Waals surface area contributed by atoms with Crippen LogP contribution >= 0.6 is 0 Å². The van der Waals surface area contributed by atoms with Gasteiger partial charge in [0.15, 0.2) is 5.69 Å². The number of nitrogens with one attached hydrogen (secondary N) is 2. The number of rotatable bonds is 3. The highest BCUT2D eigenvalue weighted by atomic mass is 16.2. The van der Waals surface area contributed by atoms with Crippen molar-refractivity contribution in [2.75, 3.05) is 25.0 Å². The number of amides is 2. The van der Waals surface area contributed by atoms with Gasteiger partial charge in [-0.05, 0) is 13.3 Å². The van der Waals surface area contributed by atoms with Crippen LogP contribution in [-0.4, -0.2) is 46.6 Å². The van der Waals surface area contributed by atoms with Crippen molar-refractivity contribution < 1.29 is 4.79 Å². The maximum Gasteiger partial charge on any atom is 0.317 e. The Morgan fingerprint density at radius 1 is 1.58 bits per heavy atom. The summed E-state index contributed by atoms with van der Waals surface area (Å²) >= 11 is 0. The highest BCUT2D eigenvalue weighted by molar-refractivity contribution is 5.74. The third-order valence-corrected chi connectivity index (χ3v) is 2.92. The highest BCUT2D eigenvalue weighted by Gasteiger charge is 2.25. The van der Waals surface area contributed by atoms with Crippen LogP contribution in [0.5, 0.6) is 0 Å². The minimum Gasteiger partial charge on any atom is -0.364 e. The van der Waals surface area contributed by atoms with Gasteiger partial charge in [0.05, 0.1) is 12.4 Å². The maximum atomic E-state index is 11.6. The van der Waals surface area contributed by atoms with E-state index in [1.807, 2.05) is 13.0 Å². The number of anilines is 1. The summed E-state index contributed by atoms with van der Waals surface area (Å²) in [6.07, 6.45) is 3.84. The van der Waals surface area contributed by atoms with Gasteiger partial charge in [0.25, 0.3) is 0 Å². The largest absolute Gasteiger partial charge is 0.364 e. The summed E-state index contributed by atoms with van der Waals surface area (Å²) in [5.41, 5.74) is 0.293. The predicted octanol–water partition coefficient (Wildman–Crippen LogP) is 0.564. The van der Waals surface area contributed by atoms with Crippen LogP contribution in [0.15, 0.2) is 12.4 Å². The van der Waals surface area contributed by atoms with Crippen molar-refractivity contribution in [3.63, 3.8) is 0 Å². The van der Waals surface area contributed by atoms with Crippen LogP contribution in [0.4, 0.5) is 10.6 Å². The van der Waals surface area contributed by atoms with E-state index in [2.05, 4.69) is 20.6 Å². The molecular formula is C12H16N6O. The minimum atomic E-state index is -0.0299. The Balaban J connectivity index is 1.87. The van der Waals surface area contributed by atoms with Crippen molar-refractivity contribution >= 4 is 11.8 Å². The Morgan fingerprint density at radius 3 is 3.05 bits per heavy atom. The Kier molecular flexibility index (Phi) is 4.13. The van der Waals surface area contributed by atoms with Crippen LogP contribution in [0.25, 0.3) is 0 Å². The molecule has 7 heteroatoms. The van der Waals surface area contributed by atoms with E-state index in [0.717, 1.165) is 13.0 Å². The molecule has 0 bridgehead atoms. The van der Waals surface area contributed by atoms with Gasteiger partial charge in [0.1, 0.15) is 11.9 Å². The van der Waals surface area contributed by atoms with Crippen LogP contribution in [0.2, 0.25) is 0 Å². The molecule has 19 heavy (non-hydrogen) atoms. The molecule has 1 fully saturated rings. The lowest BCUT2D eigenvalue weighted by molar-refractivity contribution is 0.209. The summed E-state index contributed by atoms with van der Waals surface area (Å²) in [7, 11) is 0. The average molecular weight is 260 g/mol. The Labute approximate surface area is 111 Å². The summed E-state index contributed by atoms with van der Waals surface area (Å²) in [6.45, 7) is 3.91. The maximum absolute atomic E-state index is 11.6. The number of carbonyl (C=O) groups excluding carboxylic acids is 1. The van der Waals surface area contributed by atoms with E-state index in [1.165, 1.54) is 12.4 Å². The number of hydrogen-bond acceptors (Lipinski definition) is 5. The first kappa shape index (κ1) is 13.1. The third-order valence-electron chi connectivity index (χ3n) is 2.92. The molecule has 1 unspecified atom stereocenters. The van der Waals surface area contributed by atoms with Gasteiger partial charge >= 0.3 is 6.03 Å². The monoisotopic (exact) mass is 260 g/mol. The van der Waals surface area contributed by atoms with E-state index in [9.17, 15) is 4.79 Å². The normalized spacial score (nSPS) is 17.9. The molecule has 1 aromatic heterocycles.